The number of carbonyl (C=O) groups excluding carboxylic acids is 1. The van der Waals surface area contributed by atoms with Crippen LogP contribution in [0, 0.1) is 17.6 Å². The fourth-order valence-electron chi connectivity index (χ4n) is 2.30. The molecule has 0 bridgehead atoms. The van der Waals surface area contributed by atoms with Gasteiger partial charge in [-0.15, -0.1) is 0 Å². The maximum absolute atomic E-state index is 13.9. The first kappa shape index (κ1) is 16.3. The van der Waals surface area contributed by atoms with Crippen molar-refractivity contribution in [2.24, 2.45) is 11.7 Å². The van der Waals surface area contributed by atoms with Crippen molar-refractivity contribution < 1.29 is 22.0 Å². The molecule has 2 rings (SSSR count). The Hall–Kier alpha value is -1.06. The van der Waals surface area contributed by atoms with Gasteiger partial charge in [0.2, 0.25) is 15.9 Å². The standard InChI is InChI=1S/C12H13BrF2N2O3S/c13-9-4-8(14)5-10(15)11(9)21(19,20)17-3-1-2-7(6-17)12(16)18/h4-5,7H,1-3,6H2,(H2,16,18). The highest BCUT2D eigenvalue weighted by Gasteiger charge is 2.35. The van der Waals surface area contributed by atoms with Gasteiger partial charge in [-0.05, 0) is 34.8 Å². The van der Waals surface area contributed by atoms with E-state index in [0.717, 1.165) is 10.4 Å². The van der Waals surface area contributed by atoms with Crippen LogP contribution in [0.5, 0.6) is 0 Å². The number of nitrogens with zero attached hydrogens (tertiary/aromatic N) is 1. The van der Waals surface area contributed by atoms with Crippen LogP contribution in [0.15, 0.2) is 21.5 Å². The highest BCUT2D eigenvalue weighted by molar-refractivity contribution is 9.10. The van der Waals surface area contributed by atoms with Crippen LogP contribution in [0.25, 0.3) is 0 Å². The second kappa shape index (κ2) is 5.98. The summed E-state index contributed by atoms with van der Waals surface area (Å²) in [6.07, 6.45) is 0.946. The van der Waals surface area contributed by atoms with Crippen molar-refractivity contribution in [1.29, 1.82) is 0 Å². The van der Waals surface area contributed by atoms with Gasteiger partial charge in [0.05, 0.1) is 5.92 Å². The van der Waals surface area contributed by atoms with Crippen LogP contribution < -0.4 is 5.73 Å². The lowest BCUT2D eigenvalue weighted by atomic mass is 9.99. The van der Waals surface area contributed by atoms with E-state index in [1.54, 1.807) is 0 Å². The van der Waals surface area contributed by atoms with Crippen LogP contribution in [0.3, 0.4) is 0 Å². The summed E-state index contributed by atoms with van der Waals surface area (Å²) in [5.74, 6) is -3.25. The summed E-state index contributed by atoms with van der Waals surface area (Å²) in [5.41, 5.74) is 5.20. The molecule has 1 fully saturated rings. The summed E-state index contributed by atoms with van der Waals surface area (Å²) in [6, 6.07) is 1.39. The fourth-order valence-corrected chi connectivity index (χ4v) is 4.93. The SMILES string of the molecule is NC(=O)C1CCCN(S(=O)(=O)c2c(F)cc(F)cc2Br)C1. The summed E-state index contributed by atoms with van der Waals surface area (Å²) in [7, 11) is -4.17. The van der Waals surface area contributed by atoms with Crippen LogP contribution in [-0.4, -0.2) is 31.7 Å². The number of primary amides is 1. The van der Waals surface area contributed by atoms with Gasteiger partial charge in [-0.25, -0.2) is 17.2 Å². The molecule has 2 N–H and O–H groups in total. The molecule has 0 radical (unpaired) electrons. The van der Waals surface area contributed by atoms with Gasteiger partial charge in [-0.2, -0.15) is 4.31 Å². The molecule has 0 aliphatic carbocycles. The van der Waals surface area contributed by atoms with Gasteiger partial charge in [0.15, 0.2) is 0 Å². The van der Waals surface area contributed by atoms with Crippen LogP contribution in [0.4, 0.5) is 8.78 Å². The van der Waals surface area contributed by atoms with Gasteiger partial charge in [-0.3, -0.25) is 4.79 Å². The van der Waals surface area contributed by atoms with E-state index in [4.69, 9.17) is 5.73 Å². The molecule has 5 nitrogen and oxygen atoms in total. The van der Waals surface area contributed by atoms with E-state index in [9.17, 15) is 22.0 Å². The third-order valence-electron chi connectivity index (χ3n) is 3.35. The van der Waals surface area contributed by atoms with E-state index in [1.807, 2.05) is 0 Å². The number of carbonyl (C=O) groups is 1. The molecule has 1 aliphatic heterocycles. The summed E-state index contributed by atoms with van der Waals surface area (Å²) in [4.78, 5) is 10.6. The lowest BCUT2D eigenvalue weighted by Gasteiger charge is -2.30. The van der Waals surface area contributed by atoms with Crippen LogP contribution in [0.1, 0.15) is 12.8 Å². The Morgan fingerprint density at radius 1 is 1.38 bits per heavy atom. The molecule has 1 amide bonds. The van der Waals surface area contributed by atoms with Gasteiger partial charge >= 0.3 is 0 Å². The van der Waals surface area contributed by atoms with Gasteiger partial charge in [0, 0.05) is 23.6 Å². The molecule has 0 spiro atoms. The molecular formula is C12H13BrF2N2O3S. The van der Waals surface area contributed by atoms with Crippen LogP contribution in [-0.2, 0) is 14.8 Å². The lowest BCUT2D eigenvalue weighted by Crippen LogP contribution is -2.44. The number of hydrogen-bond donors (Lipinski definition) is 1. The minimum Gasteiger partial charge on any atom is -0.369 e. The summed E-state index contributed by atoms with van der Waals surface area (Å²) in [5, 5.41) is 0. The number of hydrogen-bond acceptors (Lipinski definition) is 3. The van der Waals surface area contributed by atoms with E-state index in [0.29, 0.717) is 18.9 Å². The number of halogens is 3. The number of rotatable bonds is 3. The van der Waals surface area contributed by atoms with E-state index in [2.05, 4.69) is 15.9 Å². The number of sulfonamides is 1. The zero-order valence-electron chi connectivity index (χ0n) is 10.9. The molecule has 1 aliphatic rings. The quantitative estimate of drug-likeness (QED) is 0.862. The van der Waals surface area contributed by atoms with Crippen molar-refractivity contribution in [1.82, 2.24) is 4.31 Å². The molecule has 116 valence electrons. The van der Waals surface area contributed by atoms with E-state index in [-0.39, 0.29) is 17.6 Å². The normalized spacial score (nSPS) is 20.4. The Morgan fingerprint density at radius 3 is 2.62 bits per heavy atom. The second-order valence-corrected chi connectivity index (χ2v) is 7.53. The lowest BCUT2D eigenvalue weighted by molar-refractivity contribution is -0.122. The monoisotopic (exact) mass is 382 g/mol. The Balaban J connectivity index is 2.41. The Morgan fingerprint density at radius 2 is 2.05 bits per heavy atom. The maximum Gasteiger partial charge on any atom is 0.247 e. The van der Waals surface area contributed by atoms with Gasteiger partial charge in [-0.1, -0.05) is 0 Å². The largest absolute Gasteiger partial charge is 0.369 e. The smallest absolute Gasteiger partial charge is 0.247 e. The van der Waals surface area contributed by atoms with Gasteiger partial charge < -0.3 is 5.73 Å². The van der Waals surface area contributed by atoms with Crippen molar-refractivity contribution in [2.45, 2.75) is 17.7 Å². The van der Waals surface area contributed by atoms with Crippen molar-refractivity contribution in [3.63, 3.8) is 0 Å². The predicted octanol–water partition coefficient (Wildman–Crippen LogP) is 1.61. The summed E-state index contributed by atoms with van der Waals surface area (Å²) >= 11 is 2.87. The molecular weight excluding hydrogens is 370 g/mol. The van der Waals surface area contributed by atoms with E-state index < -0.39 is 38.4 Å². The van der Waals surface area contributed by atoms with Crippen molar-refractivity contribution in [2.75, 3.05) is 13.1 Å². The molecule has 1 saturated heterocycles. The number of piperidine rings is 1. The molecule has 1 aromatic rings. The van der Waals surface area contributed by atoms with Gasteiger partial charge in [0.25, 0.3) is 0 Å². The first-order valence-corrected chi connectivity index (χ1v) is 8.41. The number of benzene rings is 1. The average molecular weight is 383 g/mol. The Kier molecular flexibility index (Phi) is 4.64. The highest BCUT2D eigenvalue weighted by atomic mass is 79.9. The Labute approximate surface area is 129 Å². The molecule has 0 aromatic heterocycles. The minimum atomic E-state index is -4.17. The van der Waals surface area contributed by atoms with E-state index >= 15 is 0 Å². The molecule has 21 heavy (non-hydrogen) atoms. The highest BCUT2D eigenvalue weighted by Crippen LogP contribution is 2.31. The molecule has 1 heterocycles. The number of nitrogens with two attached hydrogens (primary N) is 1. The van der Waals surface area contributed by atoms with E-state index in [1.165, 1.54) is 0 Å². The topological polar surface area (TPSA) is 80.5 Å². The van der Waals surface area contributed by atoms with Crippen LogP contribution in [0.2, 0.25) is 0 Å². The molecule has 9 heteroatoms. The Bertz CT molecular complexity index is 658. The zero-order chi connectivity index (χ0) is 15.8. The molecule has 1 aromatic carbocycles. The van der Waals surface area contributed by atoms with Crippen molar-refractivity contribution in [3.8, 4) is 0 Å². The third kappa shape index (κ3) is 3.24. The molecule has 0 saturated carbocycles. The summed E-state index contributed by atoms with van der Waals surface area (Å²) < 4.78 is 52.7. The van der Waals surface area contributed by atoms with Crippen molar-refractivity contribution >= 4 is 31.9 Å². The third-order valence-corrected chi connectivity index (χ3v) is 6.18. The zero-order valence-corrected chi connectivity index (χ0v) is 13.3. The predicted molar refractivity (Wildman–Crippen MR) is 74.7 cm³/mol. The first-order valence-electron chi connectivity index (χ1n) is 6.17. The second-order valence-electron chi connectivity index (χ2n) is 4.80. The summed E-state index contributed by atoms with van der Waals surface area (Å²) in [6.45, 7) is 0.0658. The molecule has 1 atom stereocenters. The van der Waals surface area contributed by atoms with Crippen LogP contribution >= 0.6 is 15.9 Å². The average Bonchev–Trinajstić information content (AvgIpc) is 2.37. The first-order chi connectivity index (χ1) is 9.73. The van der Waals surface area contributed by atoms with Crippen molar-refractivity contribution in [3.05, 3.63) is 28.2 Å². The molecule has 1 unspecified atom stereocenters. The maximum atomic E-state index is 13.9. The number of amides is 1. The fraction of sp³-hybridized carbons (Fsp3) is 0.417. The minimum absolute atomic E-state index is 0.0963. The van der Waals surface area contributed by atoms with Gasteiger partial charge in [0.1, 0.15) is 16.5 Å².